The van der Waals surface area contributed by atoms with Crippen molar-refractivity contribution in [2.45, 2.75) is 18.9 Å². The lowest BCUT2D eigenvalue weighted by Gasteiger charge is -2.36. The lowest BCUT2D eigenvalue weighted by Crippen LogP contribution is -2.49. The standard InChI is InChI=1S/C17H19FN2OS/c18-14-4-1-3-12(8-14)7-13-9-15(19)11-20(10-13)17(21)16-5-2-6-22-16/h1-6,8,13,15H,7,9-11,19H2. The Labute approximate surface area is 133 Å². The van der Waals surface area contributed by atoms with Gasteiger partial charge < -0.3 is 10.6 Å². The van der Waals surface area contributed by atoms with E-state index >= 15 is 0 Å². The second-order valence-electron chi connectivity index (χ2n) is 5.88. The largest absolute Gasteiger partial charge is 0.336 e. The second-order valence-corrected chi connectivity index (χ2v) is 6.83. The van der Waals surface area contributed by atoms with Gasteiger partial charge in [0, 0.05) is 19.1 Å². The molecule has 0 spiro atoms. The van der Waals surface area contributed by atoms with Crippen LogP contribution in [0.25, 0.3) is 0 Å². The Morgan fingerprint density at radius 1 is 1.32 bits per heavy atom. The van der Waals surface area contributed by atoms with Gasteiger partial charge in [0.05, 0.1) is 4.88 Å². The van der Waals surface area contributed by atoms with E-state index < -0.39 is 0 Å². The summed E-state index contributed by atoms with van der Waals surface area (Å²) in [6, 6.07) is 10.4. The second kappa shape index (κ2) is 6.58. The SMILES string of the molecule is NC1CC(Cc2cccc(F)c2)CN(C(=O)c2cccs2)C1. The van der Waals surface area contributed by atoms with Gasteiger partial charge in [0.25, 0.3) is 5.91 Å². The van der Waals surface area contributed by atoms with E-state index in [2.05, 4.69) is 0 Å². The van der Waals surface area contributed by atoms with Gasteiger partial charge in [0.1, 0.15) is 5.82 Å². The number of halogens is 1. The van der Waals surface area contributed by atoms with Gasteiger partial charge in [-0.25, -0.2) is 4.39 Å². The molecule has 0 bridgehead atoms. The first-order valence-electron chi connectivity index (χ1n) is 7.44. The van der Waals surface area contributed by atoms with Crippen LogP contribution in [-0.2, 0) is 6.42 Å². The van der Waals surface area contributed by atoms with Crippen LogP contribution in [0.5, 0.6) is 0 Å². The van der Waals surface area contributed by atoms with E-state index in [-0.39, 0.29) is 23.7 Å². The summed E-state index contributed by atoms with van der Waals surface area (Å²) in [5, 5.41) is 1.90. The number of amides is 1. The zero-order chi connectivity index (χ0) is 15.5. The van der Waals surface area contributed by atoms with Crippen LogP contribution in [0.2, 0.25) is 0 Å². The smallest absolute Gasteiger partial charge is 0.263 e. The number of nitrogens with zero attached hydrogens (tertiary/aromatic N) is 1. The van der Waals surface area contributed by atoms with E-state index in [0.717, 1.165) is 23.3 Å². The minimum Gasteiger partial charge on any atom is -0.336 e. The molecule has 22 heavy (non-hydrogen) atoms. The number of rotatable bonds is 3. The van der Waals surface area contributed by atoms with Crippen LogP contribution in [0, 0.1) is 11.7 Å². The van der Waals surface area contributed by atoms with Crippen molar-refractivity contribution in [1.82, 2.24) is 4.90 Å². The number of thiophene rings is 1. The monoisotopic (exact) mass is 318 g/mol. The quantitative estimate of drug-likeness (QED) is 0.946. The van der Waals surface area contributed by atoms with Gasteiger partial charge in [-0.05, 0) is 47.9 Å². The van der Waals surface area contributed by atoms with Crippen LogP contribution < -0.4 is 5.73 Å². The van der Waals surface area contributed by atoms with Crippen molar-refractivity contribution in [2.75, 3.05) is 13.1 Å². The molecule has 3 rings (SSSR count). The summed E-state index contributed by atoms with van der Waals surface area (Å²) >= 11 is 1.45. The third-order valence-electron chi connectivity index (χ3n) is 4.00. The highest BCUT2D eigenvalue weighted by Gasteiger charge is 2.29. The molecule has 3 nitrogen and oxygen atoms in total. The van der Waals surface area contributed by atoms with Crippen LogP contribution in [0.3, 0.4) is 0 Å². The highest BCUT2D eigenvalue weighted by atomic mass is 32.1. The van der Waals surface area contributed by atoms with Crippen molar-refractivity contribution in [1.29, 1.82) is 0 Å². The third kappa shape index (κ3) is 3.54. The number of piperidine rings is 1. The summed E-state index contributed by atoms with van der Waals surface area (Å²) in [6.45, 7) is 1.28. The fourth-order valence-corrected chi connectivity index (χ4v) is 3.80. The Morgan fingerprint density at radius 2 is 2.18 bits per heavy atom. The topological polar surface area (TPSA) is 46.3 Å². The average Bonchev–Trinajstić information content (AvgIpc) is 3.00. The number of carbonyl (C=O) groups is 1. The molecule has 0 saturated carbocycles. The molecular formula is C17H19FN2OS. The highest BCUT2D eigenvalue weighted by molar-refractivity contribution is 7.12. The summed E-state index contributed by atoms with van der Waals surface area (Å²) < 4.78 is 13.3. The van der Waals surface area contributed by atoms with E-state index in [9.17, 15) is 9.18 Å². The molecule has 2 N–H and O–H groups in total. The van der Waals surface area contributed by atoms with Gasteiger partial charge in [-0.15, -0.1) is 11.3 Å². The number of likely N-dealkylation sites (tertiary alicyclic amines) is 1. The number of hydrogen-bond acceptors (Lipinski definition) is 3. The maximum atomic E-state index is 13.3. The molecule has 1 aliphatic heterocycles. The van der Waals surface area contributed by atoms with Crippen molar-refractivity contribution in [2.24, 2.45) is 11.7 Å². The molecule has 2 atom stereocenters. The minimum atomic E-state index is -0.218. The molecule has 1 saturated heterocycles. The van der Waals surface area contributed by atoms with Crippen LogP contribution in [-0.4, -0.2) is 29.9 Å². The van der Waals surface area contributed by atoms with Gasteiger partial charge in [-0.2, -0.15) is 0 Å². The van der Waals surface area contributed by atoms with E-state index in [1.807, 2.05) is 28.5 Å². The summed E-state index contributed by atoms with van der Waals surface area (Å²) in [5.41, 5.74) is 7.09. The Balaban J connectivity index is 1.69. The summed E-state index contributed by atoms with van der Waals surface area (Å²) in [6.07, 6.45) is 1.62. The van der Waals surface area contributed by atoms with E-state index in [1.54, 1.807) is 12.1 Å². The molecule has 2 unspecified atom stereocenters. The molecule has 5 heteroatoms. The zero-order valence-electron chi connectivity index (χ0n) is 12.2. The summed E-state index contributed by atoms with van der Waals surface area (Å²) in [5.74, 6) is 0.105. The van der Waals surface area contributed by atoms with Crippen molar-refractivity contribution in [3.05, 3.63) is 58.0 Å². The first-order chi connectivity index (χ1) is 10.6. The van der Waals surface area contributed by atoms with Gasteiger partial charge in [0.2, 0.25) is 0 Å². The van der Waals surface area contributed by atoms with Crippen LogP contribution in [0.4, 0.5) is 4.39 Å². The van der Waals surface area contributed by atoms with Gasteiger partial charge >= 0.3 is 0 Å². The Kier molecular flexibility index (Phi) is 4.55. The number of nitrogens with two attached hydrogens (primary N) is 1. The number of benzene rings is 1. The number of hydrogen-bond donors (Lipinski definition) is 1. The van der Waals surface area contributed by atoms with Gasteiger partial charge in [-0.1, -0.05) is 18.2 Å². The van der Waals surface area contributed by atoms with Crippen molar-refractivity contribution >= 4 is 17.2 Å². The fourth-order valence-electron chi connectivity index (χ4n) is 3.11. The molecule has 1 aliphatic rings. The normalized spacial score (nSPS) is 21.8. The molecule has 1 amide bonds. The molecular weight excluding hydrogens is 299 g/mol. The summed E-state index contributed by atoms with van der Waals surface area (Å²) in [7, 11) is 0. The van der Waals surface area contributed by atoms with Crippen LogP contribution in [0.15, 0.2) is 41.8 Å². The number of carbonyl (C=O) groups excluding carboxylic acids is 1. The Bertz CT molecular complexity index is 644. The first-order valence-corrected chi connectivity index (χ1v) is 8.32. The molecule has 1 aromatic carbocycles. The molecule has 1 aromatic heterocycles. The van der Waals surface area contributed by atoms with Crippen molar-refractivity contribution < 1.29 is 9.18 Å². The molecule has 116 valence electrons. The van der Waals surface area contributed by atoms with Gasteiger partial charge in [0.15, 0.2) is 0 Å². The van der Waals surface area contributed by atoms with Crippen LogP contribution >= 0.6 is 11.3 Å². The van der Waals surface area contributed by atoms with E-state index in [0.29, 0.717) is 13.1 Å². The summed E-state index contributed by atoms with van der Waals surface area (Å²) in [4.78, 5) is 15.1. The van der Waals surface area contributed by atoms with Gasteiger partial charge in [-0.3, -0.25) is 4.79 Å². The first kappa shape index (κ1) is 15.2. The zero-order valence-corrected chi connectivity index (χ0v) is 13.1. The predicted molar refractivity (Wildman–Crippen MR) is 86.4 cm³/mol. The predicted octanol–water partition coefficient (Wildman–Crippen LogP) is 2.92. The molecule has 2 aromatic rings. The van der Waals surface area contributed by atoms with Crippen molar-refractivity contribution in [3.63, 3.8) is 0 Å². The highest BCUT2D eigenvalue weighted by Crippen LogP contribution is 2.23. The average molecular weight is 318 g/mol. The molecule has 2 heterocycles. The van der Waals surface area contributed by atoms with Crippen LogP contribution in [0.1, 0.15) is 21.7 Å². The fraction of sp³-hybridized carbons (Fsp3) is 0.353. The Hall–Kier alpha value is -1.72. The van der Waals surface area contributed by atoms with Crippen molar-refractivity contribution in [3.8, 4) is 0 Å². The lowest BCUT2D eigenvalue weighted by molar-refractivity contribution is 0.0654. The third-order valence-corrected chi connectivity index (χ3v) is 4.86. The molecule has 0 radical (unpaired) electrons. The van der Waals surface area contributed by atoms with E-state index in [4.69, 9.17) is 5.73 Å². The minimum absolute atomic E-state index is 0.0174. The Morgan fingerprint density at radius 3 is 2.91 bits per heavy atom. The maximum Gasteiger partial charge on any atom is 0.263 e. The molecule has 1 fully saturated rings. The lowest BCUT2D eigenvalue weighted by atomic mass is 9.89. The maximum absolute atomic E-state index is 13.3. The molecule has 0 aliphatic carbocycles. The van der Waals surface area contributed by atoms with E-state index in [1.165, 1.54) is 17.4 Å².